The largest absolute Gasteiger partial charge is 0.484 e. The first-order valence-electron chi connectivity index (χ1n) is 8.20. The third kappa shape index (κ3) is 6.61. The molecule has 2 rings (SSSR count). The van der Waals surface area contributed by atoms with Crippen LogP contribution in [0.15, 0.2) is 47.4 Å². The smallest absolute Gasteiger partial charge is 0.261 e. The van der Waals surface area contributed by atoms with Crippen molar-refractivity contribution in [3.8, 4) is 5.75 Å². The number of rotatable bonds is 8. The van der Waals surface area contributed by atoms with Crippen LogP contribution in [0.1, 0.15) is 20.3 Å². The maximum absolute atomic E-state index is 12.5. The highest BCUT2D eigenvalue weighted by Gasteiger charge is 2.15. The topological polar surface area (TPSA) is 84.5 Å². The van der Waals surface area contributed by atoms with Crippen molar-refractivity contribution in [3.05, 3.63) is 52.5 Å². The van der Waals surface area contributed by atoms with E-state index in [0.717, 1.165) is 6.42 Å². The Morgan fingerprint density at radius 1 is 1.11 bits per heavy atom. The number of halogens is 2. The molecule has 146 valence electrons. The summed E-state index contributed by atoms with van der Waals surface area (Å²) in [5.74, 6) is 0.152. The molecule has 9 heteroatoms. The summed E-state index contributed by atoms with van der Waals surface area (Å²) >= 11 is 11.8. The summed E-state index contributed by atoms with van der Waals surface area (Å²) in [6, 6.07) is 10.2. The first-order chi connectivity index (χ1) is 12.7. The van der Waals surface area contributed by atoms with Gasteiger partial charge in [0.15, 0.2) is 6.61 Å². The van der Waals surface area contributed by atoms with Crippen LogP contribution in [0, 0.1) is 0 Å². The summed E-state index contributed by atoms with van der Waals surface area (Å²) in [6.07, 6.45) is 0.823. The number of carbonyl (C=O) groups is 1. The van der Waals surface area contributed by atoms with Gasteiger partial charge >= 0.3 is 0 Å². The minimum atomic E-state index is -3.82. The van der Waals surface area contributed by atoms with Crippen LogP contribution in [-0.2, 0) is 14.8 Å². The third-order valence-electron chi connectivity index (χ3n) is 3.64. The van der Waals surface area contributed by atoms with E-state index in [1.54, 1.807) is 0 Å². The molecule has 0 heterocycles. The van der Waals surface area contributed by atoms with E-state index in [1.165, 1.54) is 42.5 Å². The number of hydrogen-bond donors (Lipinski definition) is 2. The average Bonchev–Trinajstić information content (AvgIpc) is 2.59. The lowest BCUT2D eigenvalue weighted by atomic mass is 10.2. The first-order valence-corrected chi connectivity index (χ1v) is 10.4. The fourth-order valence-electron chi connectivity index (χ4n) is 2.11. The molecule has 0 unspecified atom stereocenters. The number of ether oxygens (including phenoxy) is 1. The van der Waals surface area contributed by atoms with Crippen LogP contribution in [0.3, 0.4) is 0 Å². The lowest BCUT2D eigenvalue weighted by Gasteiger charge is -2.12. The Balaban J connectivity index is 2.01. The predicted octanol–water partition coefficient (Wildman–Crippen LogP) is 4.09. The molecule has 0 aliphatic heterocycles. The number of benzene rings is 2. The molecule has 27 heavy (non-hydrogen) atoms. The van der Waals surface area contributed by atoms with E-state index in [-0.39, 0.29) is 29.1 Å². The Hall–Kier alpha value is -1.96. The van der Waals surface area contributed by atoms with Crippen LogP contribution in [0.5, 0.6) is 5.75 Å². The maximum Gasteiger partial charge on any atom is 0.261 e. The van der Waals surface area contributed by atoms with Gasteiger partial charge in [0.2, 0.25) is 0 Å². The van der Waals surface area contributed by atoms with Crippen molar-refractivity contribution in [2.24, 2.45) is 0 Å². The van der Waals surface area contributed by atoms with Gasteiger partial charge in [-0.05, 0) is 55.8 Å². The van der Waals surface area contributed by atoms with Crippen LogP contribution < -0.4 is 14.8 Å². The molecule has 0 saturated heterocycles. The van der Waals surface area contributed by atoms with E-state index in [4.69, 9.17) is 27.9 Å². The fraction of sp³-hybridized carbons (Fsp3) is 0.278. The predicted molar refractivity (Wildman–Crippen MR) is 107 cm³/mol. The zero-order chi connectivity index (χ0) is 20.0. The van der Waals surface area contributed by atoms with E-state index in [2.05, 4.69) is 10.0 Å². The van der Waals surface area contributed by atoms with Gasteiger partial charge in [-0.2, -0.15) is 0 Å². The van der Waals surface area contributed by atoms with Crippen molar-refractivity contribution >= 4 is 44.8 Å². The van der Waals surface area contributed by atoms with Crippen LogP contribution >= 0.6 is 23.2 Å². The summed E-state index contributed by atoms with van der Waals surface area (Å²) < 4.78 is 32.7. The van der Waals surface area contributed by atoms with E-state index in [9.17, 15) is 13.2 Å². The number of anilines is 1. The third-order valence-corrected chi connectivity index (χ3v) is 5.47. The molecule has 2 aromatic rings. The normalized spacial score (nSPS) is 12.3. The highest BCUT2D eigenvalue weighted by atomic mass is 35.5. The molecule has 0 aliphatic carbocycles. The minimum Gasteiger partial charge on any atom is -0.484 e. The number of hydrogen-bond acceptors (Lipinski definition) is 4. The van der Waals surface area contributed by atoms with Gasteiger partial charge < -0.3 is 10.1 Å². The SMILES string of the molecule is CC[C@H](C)NC(=O)COc1ccc(S(=O)(=O)Nc2cc(Cl)cc(Cl)c2)cc1. The highest BCUT2D eigenvalue weighted by molar-refractivity contribution is 7.92. The van der Waals surface area contributed by atoms with Crippen molar-refractivity contribution in [1.29, 1.82) is 0 Å². The molecule has 1 amide bonds. The molecule has 2 aromatic carbocycles. The Labute approximate surface area is 168 Å². The number of amides is 1. The quantitative estimate of drug-likeness (QED) is 0.660. The van der Waals surface area contributed by atoms with Gasteiger partial charge in [-0.15, -0.1) is 0 Å². The zero-order valence-electron chi connectivity index (χ0n) is 14.8. The van der Waals surface area contributed by atoms with Crippen LogP contribution in [0.4, 0.5) is 5.69 Å². The molecule has 0 spiro atoms. The Kier molecular flexibility index (Phi) is 7.35. The monoisotopic (exact) mass is 430 g/mol. The summed E-state index contributed by atoms with van der Waals surface area (Å²) in [7, 11) is -3.82. The molecule has 0 bridgehead atoms. The van der Waals surface area contributed by atoms with Crippen molar-refractivity contribution in [2.45, 2.75) is 31.2 Å². The molecule has 0 radical (unpaired) electrons. The lowest BCUT2D eigenvalue weighted by Crippen LogP contribution is -2.35. The van der Waals surface area contributed by atoms with E-state index in [1.807, 2.05) is 13.8 Å². The van der Waals surface area contributed by atoms with Crippen molar-refractivity contribution < 1.29 is 17.9 Å². The summed E-state index contributed by atoms with van der Waals surface area (Å²) in [4.78, 5) is 11.7. The molecule has 0 saturated carbocycles. The molecule has 0 aliphatic rings. The van der Waals surface area contributed by atoms with Gasteiger partial charge in [0.05, 0.1) is 10.6 Å². The molecule has 0 fully saturated rings. The van der Waals surface area contributed by atoms with Crippen molar-refractivity contribution in [3.63, 3.8) is 0 Å². The molecule has 1 atom stereocenters. The number of carbonyl (C=O) groups excluding carboxylic acids is 1. The molecular formula is C18H20Cl2N2O4S. The Bertz CT molecular complexity index is 882. The second-order valence-corrected chi connectivity index (χ2v) is 8.46. The molecule has 2 N–H and O–H groups in total. The molecule has 6 nitrogen and oxygen atoms in total. The highest BCUT2D eigenvalue weighted by Crippen LogP contribution is 2.25. The second-order valence-electron chi connectivity index (χ2n) is 5.90. The molecule has 0 aromatic heterocycles. The fourth-order valence-corrected chi connectivity index (χ4v) is 3.68. The second kappa shape index (κ2) is 9.30. The van der Waals surface area contributed by atoms with Crippen LogP contribution in [0.25, 0.3) is 0 Å². The standard InChI is InChI=1S/C18H20Cl2N2O4S/c1-3-12(2)21-18(23)11-26-16-4-6-17(7-5-16)27(24,25)22-15-9-13(19)8-14(20)10-15/h4-10,12,22H,3,11H2,1-2H3,(H,21,23)/t12-/m0/s1. The first kappa shape index (κ1) is 21.3. The van der Waals surface area contributed by atoms with Gasteiger partial charge in [0.25, 0.3) is 15.9 Å². The van der Waals surface area contributed by atoms with Crippen molar-refractivity contribution in [1.82, 2.24) is 5.32 Å². The van der Waals surface area contributed by atoms with Gasteiger partial charge in [0, 0.05) is 16.1 Å². The van der Waals surface area contributed by atoms with Gasteiger partial charge in [-0.3, -0.25) is 9.52 Å². The minimum absolute atomic E-state index is 0.0370. The summed E-state index contributed by atoms with van der Waals surface area (Å²) in [5.41, 5.74) is 0.259. The number of nitrogens with one attached hydrogen (secondary N) is 2. The summed E-state index contributed by atoms with van der Waals surface area (Å²) in [6.45, 7) is 3.73. The Morgan fingerprint density at radius 3 is 2.26 bits per heavy atom. The van der Waals surface area contributed by atoms with Gasteiger partial charge in [0.1, 0.15) is 5.75 Å². The van der Waals surface area contributed by atoms with E-state index in [0.29, 0.717) is 15.8 Å². The van der Waals surface area contributed by atoms with Crippen LogP contribution in [-0.4, -0.2) is 27.0 Å². The van der Waals surface area contributed by atoms with Crippen LogP contribution in [0.2, 0.25) is 10.0 Å². The Morgan fingerprint density at radius 2 is 1.70 bits per heavy atom. The zero-order valence-corrected chi connectivity index (χ0v) is 17.2. The van der Waals surface area contributed by atoms with Gasteiger partial charge in [-0.1, -0.05) is 30.1 Å². The van der Waals surface area contributed by atoms with E-state index < -0.39 is 10.0 Å². The molecular weight excluding hydrogens is 411 g/mol. The maximum atomic E-state index is 12.5. The number of sulfonamides is 1. The average molecular weight is 431 g/mol. The van der Waals surface area contributed by atoms with E-state index >= 15 is 0 Å². The van der Waals surface area contributed by atoms with Crippen molar-refractivity contribution in [2.75, 3.05) is 11.3 Å². The lowest BCUT2D eigenvalue weighted by molar-refractivity contribution is -0.123. The summed E-state index contributed by atoms with van der Waals surface area (Å²) in [5, 5.41) is 3.42. The van der Waals surface area contributed by atoms with Gasteiger partial charge in [-0.25, -0.2) is 8.42 Å².